The van der Waals surface area contributed by atoms with E-state index in [4.69, 9.17) is 11.6 Å². The van der Waals surface area contributed by atoms with E-state index in [9.17, 15) is 20.2 Å². The largest absolute Gasteiger partial charge is 0.312 e. The van der Waals surface area contributed by atoms with Crippen LogP contribution in [0.4, 0.5) is 10.7 Å². The number of nitrogens with zero attached hydrogens (tertiary/aromatic N) is 2. The molecule has 0 unspecified atom stereocenters. The number of carbonyl (C=O) groups excluding carboxylic acids is 1. The van der Waals surface area contributed by atoms with Gasteiger partial charge in [-0.25, -0.2) is 0 Å². The molecular weight excluding hydrogens is 338 g/mol. The Balaban J connectivity index is 1.89. The number of amides is 1. The van der Waals surface area contributed by atoms with E-state index in [0.717, 1.165) is 35.8 Å². The van der Waals surface area contributed by atoms with Gasteiger partial charge in [0, 0.05) is 17.0 Å². The number of nitrogens with one attached hydrogen (secondary N) is 1. The molecule has 1 aromatic carbocycles. The number of fused-ring (bicyclic) bond motifs is 1. The molecule has 1 amide bonds. The Bertz CT molecular complexity index is 870. The van der Waals surface area contributed by atoms with Crippen LogP contribution in [0, 0.1) is 21.4 Å². The first-order valence-electron chi connectivity index (χ1n) is 6.81. The van der Waals surface area contributed by atoms with Crippen molar-refractivity contribution in [2.24, 2.45) is 0 Å². The number of rotatable bonds is 3. The highest BCUT2D eigenvalue weighted by Gasteiger charge is 2.24. The molecule has 1 aliphatic carbocycles. The van der Waals surface area contributed by atoms with Gasteiger partial charge < -0.3 is 5.32 Å². The smallest absolute Gasteiger partial charge is 0.270 e. The molecule has 1 N–H and O–H groups in total. The van der Waals surface area contributed by atoms with Gasteiger partial charge in [-0.2, -0.15) is 5.26 Å². The van der Waals surface area contributed by atoms with Crippen LogP contribution in [0.5, 0.6) is 0 Å². The summed E-state index contributed by atoms with van der Waals surface area (Å²) in [5, 5.41) is 23.2. The molecule has 1 aromatic heterocycles. The highest BCUT2D eigenvalue weighted by molar-refractivity contribution is 7.16. The zero-order valence-corrected chi connectivity index (χ0v) is 13.3. The molecular formula is C15H10ClN3O3S. The van der Waals surface area contributed by atoms with Crippen LogP contribution in [0.3, 0.4) is 0 Å². The summed E-state index contributed by atoms with van der Waals surface area (Å²) in [5.74, 6) is -0.485. The molecule has 3 rings (SSSR count). The molecule has 0 spiro atoms. The molecule has 0 bridgehead atoms. The maximum absolute atomic E-state index is 12.3. The Hall–Kier alpha value is -2.43. The van der Waals surface area contributed by atoms with Crippen molar-refractivity contribution >= 4 is 39.5 Å². The summed E-state index contributed by atoms with van der Waals surface area (Å²) in [6, 6.07) is 5.81. The topological polar surface area (TPSA) is 96.0 Å². The van der Waals surface area contributed by atoms with Crippen molar-refractivity contribution in [3.05, 3.63) is 54.9 Å². The van der Waals surface area contributed by atoms with Crippen molar-refractivity contribution in [3.8, 4) is 6.07 Å². The third-order valence-corrected chi connectivity index (χ3v) is 5.19. The van der Waals surface area contributed by atoms with Crippen LogP contribution in [-0.2, 0) is 12.8 Å². The molecule has 0 aliphatic heterocycles. The van der Waals surface area contributed by atoms with Gasteiger partial charge in [0.2, 0.25) is 0 Å². The number of hydrogen-bond donors (Lipinski definition) is 1. The van der Waals surface area contributed by atoms with Crippen molar-refractivity contribution in [3.63, 3.8) is 0 Å². The molecule has 8 heteroatoms. The molecule has 0 fully saturated rings. The second kappa shape index (κ2) is 5.99. The standard InChI is InChI=1S/C15H10ClN3O3S/c16-12-6-8(19(21)22)4-5-10(12)14(20)18-15-11(7-17)9-2-1-3-13(9)23-15/h4-6H,1-3H2,(H,18,20). The lowest BCUT2D eigenvalue weighted by Crippen LogP contribution is -2.12. The van der Waals surface area contributed by atoms with Crippen LogP contribution in [0.25, 0.3) is 0 Å². The van der Waals surface area contributed by atoms with Gasteiger partial charge in [-0.1, -0.05) is 11.6 Å². The molecule has 116 valence electrons. The number of non-ortho nitro benzene ring substituents is 1. The van der Waals surface area contributed by atoms with E-state index in [2.05, 4.69) is 11.4 Å². The van der Waals surface area contributed by atoms with Crippen LogP contribution in [-0.4, -0.2) is 10.8 Å². The highest BCUT2D eigenvalue weighted by Crippen LogP contribution is 2.39. The van der Waals surface area contributed by atoms with Crippen molar-refractivity contribution in [2.45, 2.75) is 19.3 Å². The summed E-state index contributed by atoms with van der Waals surface area (Å²) >= 11 is 7.36. The zero-order chi connectivity index (χ0) is 16.6. The van der Waals surface area contributed by atoms with E-state index in [1.165, 1.54) is 23.5 Å². The van der Waals surface area contributed by atoms with E-state index in [-0.39, 0.29) is 16.3 Å². The number of benzene rings is 1. The minimum absolute atomic E-state index is 0.000644. The van der Waals surface area contributed by atoms with Crippen LogP contribution in [0.2, 0.25) is 5.02 Å². The molecule has 0 atom stereocenters. The number of halogens is 1. The van der Waals surface area contributed by atoms with Crippen LogP contribution in [0.15, 0.2) is 18.2 Å². The monoisotopic (exact) mass is 347 g/mol. The molecule has 0 saturated heterocycles. The normalized spacial score (nSPS) is 12.5. The quantitative estimate of drug-likeness (QED) is 0.672. The molecule has 1 heterocycles. The maximum atomic E-state index is 12.3. The van der Waals surface area contributed by atoms with E-state index >= 15 is 0 Å². The van der Waals surface area contributed by atoms with E-state index in [0.29, 0.717) is 10.6 Å². The van der Waals surface area contributed by atoms with E-state index in [1.807, 2.05) is 0 Å². The number of hydrogen-bond acceptors (Lipinski definition) is 5. The van der Waals surface area contributed by atoms with Gasteiger partial charge in [-0.05, 0) is 30.9 Å². The molecule has 0 radical (unpaired) electrons. The van der Waals surface area contributed by atoms with Crippen LogP contribution < -0.4 is 5.32 Å². The lowest BCUT2D eigenvalue weighted by Gasteiger charge is -2.06. The fraction of sp³-hybridized carbons (Fsp3) is 0.200. The van der Waals surface area contributed by atoms with Crippen molar-refractivity contribution in [2.75, 3.05) is 5.32 Å². The summed E-state index contributed by atoms with van der Waals surface area (Å²) in [4.78, 5) is 23.6. The Labute approximate surface area is 140 Å². The highest BCUT2D eigenvalue weighted by atomic mass is 35.5. The second-order valence-corrected chi connectivity index (χ2v) is 6.56. The number of carbonyl (C=O) groups is 1. The lowest BCUT2D eigenvalue weighted by molar-refractivity contribution is -0.384. The van der Waals surface area contributed by atoms with Gasteiger partial charge in [0.15, 0.2) is 0 Å². The van der Waals surface area contributed by atoms with E-state index in [1.54, 1.807) is 0 Å². The predicted octanol–water partition coefficient (Wildman–Crippen LogP) is 3.92. The second-order valence-electron chi connectivity index (χ2n) is 5.05. The van der Waals surface area contributed by atoms with Crippen molar-refractivity contribution < 1.29 is 9.72 Å². The average molecular weight is 348 g/mol. The zero-order valence-electron chi connectivity index (χ0n) is 11.8. The summed E-state index contributed by atoms with van der Waals surface area (Å²) < 4.78 is 0. The van der Waals surface area contributed by atoms with Gasteiger partial charge in [0.25, 0.3) is 11.6 Å². The first-order chi connectivity index (χ1) is 11.0. The molecule has 6 nitrogen and oxygen atoms in total. The minimum atomic E-state index is -0.578. The third-order valence-electron chi connectivity index (χ3n) is 3.67. The summed E-state index contributed by atoms with van der Waals surface area (Å²) in [6.45, 7) is 0. The first kappa shape index (κ1) is 15.5. The van der Waals surface area contributed by atoms with Crippen LogP contribution in [0.1, 0.15) is 32.8 Å². The fourth-order valence-corrected chi connectivity index (χ4v) is 4.08. The summed E-state index contributed by atoms with van der Waals surface area (Å²) in [5.41, 5.74) is 1.48. The van der Waals surface area contributed by atoms with Gasteiger partial charge in [-0.15, -0.1) is 11.3 Å². The average Bonchev–Trinajstić information content (AvgIpc) is 3.07. The van der Waals surface area contributed by atoms with Gasteiger partial charge >= 0.3 is 0 Å². The van der Waals surface area contributed by atoms with Crippen molar-refractivity contribution in [1.82, 2.24) is 0 Å². The summed E-state index contributed by atoms with van der Waals surface area (Å²) in [7, 11) is 0. The van der Waals surface area contributed by atoms with Crippen molar-refractivity contribution in [1.29, 1.82) is 5.26 Å². The number of anilines is 1. The Morgan fingerprint density at radius 2 is 2.22 bits per heavy atom. The van der Waals surface area contributed by atoms with Gasteiger partial charge in [0.1, 0.15) is 11.1 Å². The van der Waals surface area contributed by atoms with Gasteiger partial charge in [0.05, 0.1) is 21.1 Å². The first-order valence-corrected chi connectivity index (χ1v) is 8.00. The SMILES string of the molecule is N#Cc1c(NC(=O)c2ccc([N+](=O)[O-])cc2Cl)sc2c1CCC2. The molecule has 1 aliphatic rings. The molecule has 23 heavy (non-hydrogen) atoms. The van der Waals surface area contributed by atoms with E-state index < -0.39 is 10.8 Å². The van der Waals surface area contributed by atoms with Crippen LogP contribution >= 0.6 is 22.9 Å². The fourth-order valence-electron chi connectivity index (χ4n) is 2.58. The van der Waals surface area contributed by atoms with Gasteiger partial charge in [-0.3, -0.25) is 14.9 Å². The Kier molecular flexibility index (Phi) is 4.03. The minimum Gasteiger partial charge on any atom is -0.312 e. The Morgan fingerprint density at radius 1 is 1.43 bits per heavy atom. The lowest BCUT2D eigenvalue weighted by atomic mass is 10.1. The predicted molar refractivity (Wildman–Crippen MR) is 87.1 cm³/mol. The summed E-state index contributed by atoms with van der Waals surface area (Å²) in [6.07, 6.45) is 2.80. The molecule has 0 saturated carbocycles. The number of thiophene rings is 1. The maximum Gasteiger partial charge on any atom is 0.270 e. The number of nitro groups is 1. The third kappa shape index (κ3) is 2.79. The number of aryl methyl sites for hydroxylation is 1. The Morgan fingerprint density at radius 3 is 2.87 bits per heavy atom. The molecule has 2 aromatic rings. The number of nitriles is 1. The number of nitro benzene ring substituents is 1.